The zero-order valence-corrected chi connectivity index (χ0v) is 15.1. The van der Waals surface area contributed by atoms with Gasteiger partial charge in [-0.05, 0) is 6.07 Å². The van der Waals surface area contributed by atoms with Gasteiger partial charge in [-0.3, -0.25) is 9.59 Å². The molecule has 3 rings (SSSR count). The van der Waals surface area contributed by atoms with E-state index in [0.717, 1.165) is 0 Å². The highest BCUT2D eigenvalue weighted by Crippen LogP contribution is 2.25. The highest BCUT2D eigenvalue weighted by Gasteiger charge is 2.11. The minimum atomic E-state index is -0.383. The van der Waals surface area contributed by atoms with Gasteiger partial charge in [0, 0.05) is 43.1 Å². The minimum Gasteiger partial charge on any atom is -0.497 e. The van der Waals surface area contributed by atoms with Crippen LogP contribution in [0.15, 0.2) is 45.7 Å². The third-order valence-corrected chi connectivity index (χ3v) is 3.71. The van der Waals surface area contributed by atoms with Gasteiger partial charge in [0.05, 0.1) is 19.8 Å². The molecule has 0 aliphatic carbocycles. The van der Waals surface area contributed by atoms with E-state index in [4.69, 9.17) is 13.9 Å². The molecular weight excluding hydrogens is 352 g/mol. The van der Waals surface area contributed by atoms with Crippen molar-refractivity contribution in [3.8, 4) is 23.0 Å². The van der Waals surface area contributed by atoms with Gasteiger partial charge in [0.25, 0.3) is 5.56 Å². The molecular formula is C18H18N4O5. The highest BCUT2D eigenvalue weighted by atomic mass is 16.5. The number of hydrogen-bond acceptors (Lipinski definition) is 7. The summed E-state index contributed by atoms with van der Waals surface area (Å²) in [4.78, 5) is 24.5. The number of benzene rings is 1. The van der Waals surface area contributed by atoms with Crippen molar-refractivity contribution in [1.29, 1.82) is 0 Å². The number of carbonyl (C=O) groups excluding carboxylic acids is 1. The van der Waals surface area contributed by atoms with Crippen LogP contribution in [0.3, 0.4) is 0 Å². The molecule has 2 aromatic heterocycles. The van der Waals surface area contributed by atoms with E-state index in [2.05, 4.69) is 15.5 Å². The standard InChI is InChI=1S/C18H18N4O5/c1-11-20-21-18(27-11)12-4-5-17(24)22(9-12)10-16(23)19-13-6-14(25-2)8-15(7-13)26-3/h4-9H,10H2,1-3H3,(H,19,23). The summed E-state index contributed by atoms with van der Waals surface area (Å²) in [5.41, 5.74) is 0.715. The van der Waals surface area contributed by atoms with Crippen LogP contribution in [0.5, 0.6) is 11.5 Å². The lowest BCUT2D eigenvalue weighted by molar-refractivity contribution is -0.116. The average Bonchev–Trinajstić information content (AvgIpc) is 3.09. The lowest BCUT2D eigenvalue weighted by Gasteiger charge is -2.11. The molecule has 0 spiro atoms. The first-order valence-electron chi connectivity index (χ1n) is 8.02. The van der Waals surface area contributed by atoms with Crippen LogP contribution in [-0.2, 0) is 11.3 Å². The third-order valence-electron chi connectivity index (χ3n) is 3.71. The van der Waals surface area contributed by atoms with Crippen LogP contribution in [-0.4, -0.2) is 34.9 Å². The van der Waals surface area contributed by atoms with Crippen molar-refractivity contribution in [2.45, 2.75) is 13.5 Å². The van der Waals surface area contributed by atoms with Crippen molar-refractivity contribution in [3.05, 3.63) is 52.8 Å². The Labute approximate surface area is 154 Å². The van der Waals surface area contributed by atoms with Crippen LogP contribution >= 0.6 is 0 Å². The molecule has 9 heteroatoms. The number of hydrogen-bond donors (Lipinski definition) is 1. The first kappa shape index (κ1) is 18.2. The van der Waals surface area contributed by atoms with Gasteiger partial charge < -0.3 is 23.8 Å². The summed E-state index contributed by atoms with van der Waals surface area (Å²) in [6.07, 6.45) is 1.50. The van der Waals surface area contributed by atoms with E-state index in [9.17, 15) is 9.59 Å². The van der Waals surface area contributed by atoms with Gasteiger partial charge in [-0.2, -0.15) is 0 Å². The van der Waals surface area contributed by atoms with Crippen LogP contribution in [0, 0.1) is 6.92 Å². The van der Waals surface area contributed by atoms with Crippen LogP contribution in [0.4, 0.5) is 5.69 Å². The van der Waals surface area contributed by atoms with Gasteiger partial charge in [-0.15, -0.1) is 10.2 Å². The Hall–Kier alpha value is -3.62. The monoisotopic (exact) mass is 370 g/mol. The summed E-state index contributed by atoms with van der Waals surface area (Å²) >= 11 is 0. The number of aryl methyl sites for hydroxylation is 1. The predicted molar refractivity (Wildman–Crippen MR) is 96.9 cm³/mol. The van der Waals surface area contributed by atoms with E-state index in [0.29, 0.717) is 28.6 Å². The fraction of sp³-hybridized carbons (Fsp3) is 0.222. The van der Waals surface area contributed by atoms with E-state index in [1.807, 2.05) is 0 Å². The molecule has 0 saturated heterocycles. The van der Waals surface area contributed by atoms with E-state index in [-0.39, 0.29) is 23.9 Å². The Kier molecular flexibility index (Phi) is 5.20. The van der Waals surface area contributed by atoms with Gasteiger partial charge in [0.1, 0.15) is 18.0 Å². The van der Waals surface area contributed by atoms with E-state index in [1.165, 1.54) is 31.0 Å². The molecule has 3 aromatic rings. The Morgan fingerprint density at radius 3 is 2.44 bits per heavy atom. The number of methoxy groups -OCH3 is 2. The number of carbonyl (C=O) groups is 1. The predicted octanol–water partition coefficient (Wildman–Crippen LogP) is 1.86. The minimum absolute atomic E-state index is 0.181. The largest absolute Gasteiger partial charge is 0.497 e. The molecule has 0 radical (unpaired) electrons. The summed E-state index contributed by atoms with van der Waals surface area (Å²) < 4.78 is 17.0. The zero-order valence-electron chi connectivity index (χ0n) is 15.1. The summed E-state index contributed by atoms with van der Waals surface area (Å²) in [7, 11) is 3.04. The molecule has 0 fully saturated rings. The van der Waals surface area contributed by atoms with E-state index >= 15 is 0 Å². The zero-order chi connectivity index (χ0) is 19.4. The smallest absolute Gasteiger partial charge is 0.251 e. The molecule has 0 saturated carbocycles. The maximum atomic E-state index is 12.4. The van der Waals surface area contributed by atoms with Gasteiger partial charge in [0.15, 0.2) is 0 Å². The Morgan fingerprint density at radius 2 is 1.85 bits per heavy atom. The molecule has 140 valence electrons. The fourth-order valence-corrected chi connectivity index (χ4v) is 2.43. The van der Waals surface area contributed by atoms with Crippen LogP contribution < -0.4 is 20.3 Å². The number of nitrogens with one attached hydrogen (secondary N) is 1. The van der Waals surface area contributed by atoms with Crippen molar-refractivity contribution in [2.24, 2.45) is 0 Å². The number of ether oxygens (including phenoxy) is 2. The van der Waals surface area contributed by atoms with Gasteiger partial charge in [0.2, 0.25) is 17.7 Å². The number of anilines is 1. The number of aromatic nitrogens is 3. The first-order chi connectivity index (χ1) is 13.0. The van der Waals surface area contributed by atoms with Gasteiger partial charge in [-0.25, -0.2) is 0 Å². The molecule has 2 heterocycles. The quantitative estimate of drug-likeness (QED) is 0.705. The number of amides is 1. The SMILES string of the molecule is COc1cc(NC(=O)Cn2cc(-c3nnc(C)o3)ccc2=O)cc(OC)c1. The number of pyridine rings is 1. The van der Waals surface area contributed by atoms with Crippen LogP contribution in [0.1, 0.15) is 5.89 Å². The molecule has 0 bridgehead atoms. The van der Waals surface area contributed by atoms with Crippen LogP contribution in [0.2, 0.25) is 0 Å². The van der Waals surface area contributed by atoms with Gasteiger partial charge in [-0.1, -0.05) is 0 Å². The Balaban J connectivity index is 1.79. The molecule has 27 heavy (non-hydrogen) atoms. The van der Waals surface area contributed by atoms with Crippen molar-refractivity contribution in [3.63, 3.8) is 0 Å². The van der Waals surface area contributed by atoms with E-state index < -0.39 is 0 Å². The molecule has 1 aromatic carbocycles. The summed E-state index contributed by atoms with van der Waals surface area (Å²) in [6, 6.07) is 7.91. The highest BCUT2D eigenvalue weighted by molar-refractivity contribution is 5.91. The Bertz CT molecular complexity index is 1000. The van der Waals surface area contributed by atoms with Crippen LogP contribution in [0.25, 0.3) is 11.5 Å². The van der Waals surface area contributed by atoms with Crippen molar-refractivity contribution in [1.82, 2.24) is 14.8 Å². The second kappa shape index (κ2) is 7.73. The topological polar surface area (TPSA) is 108 Å². The second-order valence-electron chi connectivity index (χ2n) is 5.66. The molecule has 0 aliphatic rings. The third kappa shape index (κ3) is 4.32. The second-order valence-corrected chi connectivity index (χ2v) is 5.66. The van der Waals surface area contributed by atoms with Crippen molar-refractivity contribution < 1.29 is 18.7 Å². The maximum absolute atomic E-state index is 12.4. The molecule has 0 atom stereocenters. The maximum Gasteiger partial charge on any atom is 0.251 e. The average molecular weight is 370 g/mol. The summed E-state index contributed by atoms with van der Waals surface area (Å²) in [5.74, 6) is 1.38. The lowest BCUT2D eigenvalue weighted by Crippen LogP contribution is -2.26. The number of nitrogens with zero attached hydrogens (tertiary/aromatic N) is 3. The molecule has 1 N–H and O–H groups in total. The number of rotatable bonds is 6. The molecule has 9 nitrogen and oxygen atoms in total. The van der Waals surface area contributed by atoms with Crippen molar-refractivity contribution >= 4 is 11.6 Å². The summed E-state index contributed by atoms with van der Waals surface area (Å²) in [6.45, 7) is 1.49. The van der Waals surface area contributed by atoms with Crippen molar-refractivity contribution in [2.75, 3.05) is 19.5 Å². The molecule has 1 amide bonds. The first-order valence-corrected chi connectivity index (χ1v) is 8.02. The molecule has 0 unspecified atom stereocenters. The Morgan fingerprint density at radius 1 is 1.15 bits per heavy atom. The van der Waals surface area contributed by atoms with E-state index in [1.54, 1.807) is 31.2 Å². The normalized spacial score (nSPS) is 10.5. The fourth-order valence-electron chi connectivity index (χ4n) is 2.43. The summed E-state index contributed by atoms with van der Waals surface area (Å²) in [5, 5.41) is 10.4. The molecule has 0 aliphatic heterocycles. The van der Waals surface area contributed by atoms with Gasteiger partial charge >= 0.3 is 0 Å². The lowest BCUT2D eigenvalue weighted by atomic mass is 10.2.